The summed E-state index contributed by atoms with van der Waals surface area (Å²) in [5.74, 6) is 0.303. The predicted octanol–water partition coefficient (Wildman–Crippen LogP) is 1.15. The van der Waals surface area contributed by atoms with E-state index in [2.05, 4.69) is 11.8 Å². The van der Waals surface area contributed by atoms with Crippen molar-refractivity contribution in [3.8, 4) is 0 Å². The Labute approximate surface area is 164 Å². The lowest BCUT2D eigenvalue weighted by atomic mass is 10.0. The fourth-order valence-electron chi connectivity index (χ4n) is 3.95. The lowest BCUT2D eigenvalue weighted by Gasteiger charge is -2.38. The van der Waals surface area contributed by atoms with E-state index < -0.39 is 0 Å². The van der Waals surface area contributed by atoms with Gasteiger partial charge in [-0.15, -0.1) is 0 Å². The Kier molecular flexibility index (Phi) is 6.70. The van der Waals surface area contributed by atoms with Crippen LogP contribution in [0.3, 0.4) is 0 Å². The van der Waals surface area contributed by atoms with Crippen molar-refractivity contribution in [2.45, 2.75) is 52.1 Å². The molecule has 1 aromatic heterocycles. The fraction of sp³-hybridized carbons (Fsp3) is 0.737. The van der Waals surface area contributed by atoms with E-state index in [-0.39, 0.29) is 16.7 Å². The Hall–Kier alpha value is -1.67. The molecule has 7 nitrogen and oxygen atoms in total. The van der Waals surface area contributed by atoms with E-state index >= 15 is 0 Å². The first-order valence-corrected chi connectivity index (χ1v) is 10.8. The van der Waals surface area contributed by atoms with Gasteiger partial charge in [-0.2, -0.15) is 0 Å². The van der Waals surface area contributed by atoms with Gasteiger partial charge in [-0.1, -0.05) is 11.3 Å². The largest absolute Gasteiger partial charge is 0.340 e. The van der Waals surface area contributed by atoms with Crippen LogP contribution < -0.4 is 4.87 Å². The van der Waals surface area contributed by atoms with E-state index in [1.54, 1.807) is 4.57 Å². The zero-order valence-electron chi connectivity index (χ0n) is 16.4. The molecule has 1 unspecified atom stereocenters. The molecule has 0 aliphatic carbocycles. The van der Waals surface area contributed by atoms with Crippen LogP contribution in [0.5, 0.6) is 0 Å². The minimum absolute atomic E-state index is 0.00410. The van der Waals surface area contributed by atoms with Crippen molar-refractivity contribution in [2.24, 2.45) is 0 Å². The number of amides is 2. The Morgan fingerprint density at radius 3 is 2.48 bits per heavy atom. The maximum absolute atomic E-state index is 12.6. The van der Waals surface area contributed by atoms with Crippen LogP contribution >= 0.6 is 11.3 Å². The lowest BCUT2D eigenvalue weighted by molar-refractivity contribution is -0.137. The average Bonchev–Trinajstić information content (AvgIpc) is 2.98. The average molecular weight is 395 g/mol. The predicted molar refractivity (Wildman–Crippen MR) is 106 cm³/mol. The standard InChI is InChI=1S/C19H30N4O3S/c1-15-5-3-4-7-22(15)18(25)13-20-9-11-21(12-10-20)17(24)6-8-23-16(2)14-27-19(23)26/h14-15H,3-13H2,1-2H3. The first-order valence-electron chi connectivity index (χ1n) is 9.90. The van der Waals surface area contributed by atoms with Crippen LogP contribution in [0.2, 0.25) is 0 Å². The molecule has 0 aromatic carbocycles. The molecule has 27 heavy (non-hydrogen) atoms. The van der Waals surface area contributed by atoms with Gasteiger partial charge in [0.15, 0.2) is 0 Å². The number of nitrogens with zero attached hydrogens (tertiary/aromatic N) is 4. The van der Waals surface area contributed by atoms with Crippen molar-refractivity contribution >= 4 is 23.2 Å². The van der Waals surface area contributed by atoms with Crippen LogP contribution in [0.15, 0.2) is 10.2 Å². The third kappa shape index (κ3) is 4.99. The number of carbonyl (C=O) groups is 2. The highest BCUT2D eigenvalue weighted by Crippen LogP contribution is 2.17. The Bertz CT molecular complexity index is 721. The molecule has 2 saturated heterocycles. The van der Waals surface area contributed by atoms with Crippen LogP contribution in [0.4, 0.5) is 0 Å². The van der Waals surface area contributed by atoms with Crippen LogP contribution in [0.1, 0.15) is 38.3 Å². The Morgan fingerprint density at radius 1 is 1.11 bits per heavy atom. The molecule has 8 heteroatoms. The number of aromatic nitrogens is 1. The number of piperazine rings is 1. The van der Waals surface area contributed by atoms with Gasteiger partial charge in [0.25, 0.3) is 0 Å². The molecule has 1 atom stereocenters. The van der Waals surface area contributed by atoms with Gasteiger partial charge in [0, 0.05) is 62.8 Å². The van der Waals surface area contributed by atoms with E-state index in [1.807, 2.05) is 22.1 Å². The lowest BCUT2D eigenvalue weighted by Crippen LogP contribution is -2.53. The summed E-state index contributed by atoms with van der Waals surface area (Å²) in [6, 6.07) is 0.345. The fourth-order valence-corrected chi connectivity index (χ4v) is 4.71. The first-order chi connectivity index (χ1) is 13.0. The molecular formula is C19H30N4O3S. The summed E-state index contributed by atoms with van der Waals surface area (Å²) in [5.41, 5.74) is 0.910. The van der Waals surface area contributed by atoms with Crippen molar-refractivity contribution in [1.82, 2.24) is 19.3 Å². The smallest absolute Gasteiger partial charge is 0.307 e. The van der Waals surface area contributed by atoms with E-state index in [4.69, 9.17) is 0 Å². The van der Waals surface area contributed by atoms with E-state index in [1.165, 1.54) is 17.8 Å². The van der Waals surface area contributed by atoms with Crippen molar-refractivity contribution in [3.05, 3.63) is 20.7 Å². The second kappa shape index (κ2) is 9.01. The minimum Gasteiger partial charge on any atom is -0.340 e. The quantitative estimate of drug-likeness (QED) is 0.752. The highest BCUT2D eigenvalue weighted by Gasteiger charge is 2.27. The molecule has 0 radical (unpaired) electrons. The van der Waals surface area contributed by atoms with E-state index in [9.17, 15) is 14.4 Å². The summed E-state index contributed by atoms with van der Waals surface area (Å²) >= 11 is 1.18. The monoisotopic (exact) mass is 394 g/mol. The third-order valence-electron chi connectivity index (χ3n) is 5.73. The molecule has 2 amide bonds. The SMILES string of the molecule is Cc1csc(=O)n1CCC(=O)N1CCN(CC(=O)N2CCCCC2C)CC1. The summed E-state index contributed by atoms with van der Waals surface area (Å²) < 4.78 is 1.66. The number of rotatable bonds is 5. The summed E-state index contributed by atoms with van der Waals surface area (Å²) in [5, 5.41) is 1.83. The second-order valence-electron chi connectivity index (χ2n) is 7.63. The molecule has 2 fully saturated rings. The zero-order chi connectivity index (χ0) is 19.4. The molecule has 2 aliphatic heterocycles. The van der Waals surface area contributed by atoms with E-state index in [0.29, 0.717) is 38.6 Å². The number of aryl methyl sites for hydroxylation is 1. The van der Waals surface area contributed by atoms with Gasteiger partial charge in [-0.25, -0.2) is 0 Å². The summed E-state index contributed by atoms with van der Waals surface area (Å²) in [6.45, 7) is 8.57. The minimum atomic E-state index is -0.00410. The normalized spacial score (nSPS) is 21.5. The van der Waals surface area contributed by atoms with Crippen LogP contribution in [-0.4, -0.2) is 76.4 Å². The van der Waals surface area contributed by atoms with E-state index in [0.717, 1.165) is 38.2 Å². The van der Waals surface area contributed by atoms with Crippen molar-refractivity contribution < 1.29 is 9.59 Å². The molecule has 150 valence electrons. The molecule has 3 heterocycles. The van der Waals surface area contributed by atoms with Crippen molar-refractivity contribution in [2.75, 3.05) is 39.3 Å². The maximum Gasteiger partial charge on any atom is 0.307 e. The van der Waals surface area contributed by atoms with Crippen molar-refractivity contribution in [1.29, 1.82) is 0 Å². The molecule has 0 spiro atoms. The number of likely N-dealkylation sites (tertiary alicyclic amines) is 1. The number of hydrogen-bond acceptors (Lipinski definition) is 5. The van der Waals surface area contributed by atoms with Gasteiger partial charge in [-0.05, 0) is 33.1 Å². The van der Waals surface area contributed by atoms with Gasteiger partial charge in [0.05, 0.1) is 6.54 Å². The Morgan fingerprint density at radius 2 is 1.85 bits per heavy atom. The van der Waals surface area contributed by atoms with Gasteiger partial charge >= 0.3 is 4.87 Å². The molecular weight excluding hydrogens is 364 g/mol. The second-order valence-corrected chi connectivity index (χ2v) is 8.45. The van der Waals surface area contributed by atoms with Gasteiger partial charge < -0.3 is 14.4 Å². The Balaban J connectivity index is 1.42. The number of thiazole rings is 1. The van der Waals surface area contributed by atoms with Crippen LogP contribution in [-0.2, 0) is 16.1 Å². The number of piperidine rings is 1. The molecule has 0 bridgehead atoms. The zero-order valence-corrected chi connectivity index (χ0v) is 17.2. The molecule has 1 aromatic rings. The topological polar surface area (TPSA) is 65.9 Å². The highest BCUT2D eigenvalue weighted by atomic mass is 32.1. The number of carbonyl (C=O) groups excluding carboxylic acids is 2. The molecule has 0 saturated carbocycles. The van der Waals surface area contributed by atoms with Crippen molar-refractivity contribution in [3.63, 3.8) is 0 Å². The van der Waals surface area contributed by atoms with Crippen LogP contribution in [0.25, 0.3) is 0 Å². The summed E-state index contributed by atoms with van der Waals surface area (Å²) in [4.78, 5) is 42.8. The maximum atomic E-state index is 12.6. The first kappa shape index (κ1) is 20.1. The highest BCUT2D eigenvalue weighted by molar-refractivity contribution is 7.07. The third-order valence-corrected chi connectivity index (χ3v) is 6.61. The summed E-state index contributed by atoms with van der Waals surface area (Å²) in [7, 11) is 0. The molecule has 3 rings (SSSR count). The van der Waals surface area contributed by atoms with Gasteiger partial charge in [0.2, 0.25) is 11.8 Å². The number of hydrogen-bond donors (Lipinski definition) is 0. The molecule has 2 aliphatic rings. The molecule has 0 N–H and O–H groups in total. The van der Waals surface area contributed by atoms with Crippen LogP contribution in [0, 0.1) is 6.92 Å². The van der Waals surface area contributed by atoms with Gasteiger partial charge in [-0.3, -0.25) is 19.3 Å². The summed E-state index contributed by atoms with van der Waals surface area (Å²) in [6.07, 6.45) is 3.76. The van der Waals surface area contributed by atoms with Gasteiger partial charge in [0.1, 0.15) is 0 Å².